The van der Waals surface area contributed by atoms with Crippen LogP contribution in [0.1, 0.15) is 19.8 Å². The maximum Gasteiger partial charge on any atom is 0.266 e. The Morgan fingerprint density at radius 3 is 2.87 bits per heavy atom. The predicted octanol–water partition coefficient (Wildman–Crippen LogP) is 1.79. The van der Waals surface area contributed by atoms with Crippen molar-refractivity contribution in [3.8, 4) is 10.6 Å². The second-order valence-corrected chi connectivity index (χ2v) is 8.68. The molecule has 6 nitrogen and oxygen atoms in total. The van der Waals surface area contributed by atoms with Gasteiger partial charge in [-0.1, -0.05) is 6.07 Å². The fraction of sp³-hybridized carbons (Fsp3) is 0.467. The average Bonchev–Trinajstić information content (AvgIpc) is 3.21. The van der Waals surface area contributed by atoms with Crippen LogP contribution in [0.15, 0.2) is 34.4 Å². The molecule has 23 heavy (non-hydrogen) atoms. The van der Waals surface area contributed by atoms with Crippen molar-refractivity contribution in [2.75, 3.05) is 12.3 Å². The summed E-state index contributed by atoms with van der Waals surface area (Å²) in [7, 11) is -3.24. The minimum atomic E-state index is -3.24. The van der Waals surface area contributed by atoms with E-state index in [1.54, 1.807) is 24.3 Å². The summed E-state index contributed by atoms with van der Waals surface area (Å²) in [6.45, 7) is 2.48. The number of hydrogen-bond acceptors (Lipinski definition) is 5. The van der Waals surface area contributed by atoms with Gasteiger partial charge >= 0.3 is 0 Å². The third-order valence-corrected chi connectivity index (χ3v) is 6.89. The van der Waals surface area contributed by atoms with Crippen LogP contribution < -0.4 is 5.56 Å². The van der Waals surface area contributed by atoms with E-state index in [-0.39, 0.29) is 17.4 Å². The van der Waals surface area contributed by atoms with Crippen LogP contribution in [0.3, 0.4) is 0 Å². The van der Waals surface area contributed by atoms with Crippen LogP contribution in [0.5, 0.6) is 0 Å². The van der Waals surface area contributed by atoms with E-state index in [2.05, 4.69) is 5.10 Å². The lowest BCUT2D eigenvalue weighted by Gasteiger charge is -2.23. The molecule has 2 aromatic heterocycles. The van der Waals surface area contributed by atoms with Crippen molar-refractivity contribution in [1.82, 2.24) is 14.1 Å². The summed E-state index contributed by atoms with van der Waals surface area (Å²) in [5.74, 6) is 0.0844. The number of thiophene rings is 1. The molecule has 3 rings (SSSR count). The number of aromatic nitrogens is 2. The third-order valence-electron chi connectivity index (χ3n) is 4.07. The molecule has 0 aliphatic carbocycles. The van der Waals surface area contributed by atoms with Gasteiger partial charge in [-0.25, -0.2) is 13.1 Å². The monoisotopic (exact) mass is 353 g/mol. The maximum atomic E-state index is 12.2. The van der Waals surface area contributed by atoms with Gasteiger partial charge in [0.2, 0.25) is 10.0 Å². The summed E-state index contributed by atoms with van der Waals surface area (Å²) in [4.78, 5) is 13.1. The molecule has 3 heterocycles. The molecule has 0 radical (unpaired) electrons. The number of sulfonamides is 1. The van der Waals surface area contributed by atoms with Crippen LogP contribution in [0, 0.1) is 0 Å². The largest absolute Gasteiger partial charge is 0.268 e. The maximum absolute atomic E-state index is 12.2. The van der Waals surface area contributed by atoms with Gasteiger partial charge in [-0.05, 0) is 37.3 Å². The van der Waals surface area contributed by atoms with Crippen LogP contribution in [-0.4, -0.2) is 40.8 Å². The Balaban J connectivity index is 1.88. The Hall–Kier alpha value is -1.51. The molecule has 0 N–H and O–H groups in total. The van der Waals surface area contributed by atoms with Crippen molar-refractivity contribution in [3.05, 3.63) is 40.0 Å². The van der Waals surface area contributed by atoms with Gasteiger partial charge in [-0.2, -0.15) is 9.40 Å². The zero-order valence-electron chi connectivity index (χ0n) is 12.9. The Labute approximate surface area is 139 Å². The van der Waals surface area contributed by atoms with Crippen molar-refractivity contribution < 1.29 is 8.42 Å². The number of rotatable bonds is 5. The summed E-state index contributed by atoms with van der Waals surface area (Å²) in [5.41, 5.74) is 0.536. The molecule has 8 heteroatoms. The summed E-state index contributed by atoms with van der Waals surface area (Å²) in [6, 6.07) is 6.90. The van der Waals surface area contributed by atoms with E-state index in [4.69, 9.17) is 0 Å². The van der Waals surface area contributed by atoms with Gasteiger partial charge < -0.3 is 0 Å². The molecule has 1 aliphatic rings. The first-order valence-corrected chi connectivity index (χ1v) is 10.1. The summed E-state index contributed by atoms with van der Waals surface area (Å²) >= 11 is 1.56. The Morgan fingerprint density at radius 2 is 2.17 bits per heavy atom. The molecule has 0 bridgehead atoms. The predicted molar refractivity (Wildman–Crippen MR) is 91.0 cm³/mol. The van der Waals surface area contributed by atoms with E-state index in [0.717, 1.165) is 23.4 Å². The fourth-order valence-corrected chi connectivity index (χ4v) is 4.91. The molecule has 0 saturated carbocycles. The highest BCUT2D eigenvalue weighted by atomic mass is 32.2. The highest BCUT2D eigenvalue weighted by Crippen LogP contribution is 2.24. The lowest BCUT2D eigenvalue weighted by molar-refractivity contribution is 0.336. The SMILES string of the molecule is CCS(=O)(=O)N1CCC[C@@H]1Cn1nc(-c2cccs2)ccc1=O. The standard InChI is InChI=1S/C15H19N3O3S2/c1-2-23(20,21)18-9-3-5-12(18)11-17-15(19)8-7-13(16-17)14-6-4-10-22-14/h4,6-8,10,12H,2-3,5,9,11H2,1H3/t12-/m1/s1. The van der Waals surface area contributed by atoms with Crippen molar-refractivity contribution in [2.24, 2.45) is 0 Å². The van der Waals surface area contributed by atoms with Crippen molar-refractivity contribution >= 4 is 21.4 Å². The topological polar surface area (TPSA) is 72.3 Å². The highest BCUT2D eigenvalue weighted by Gasteiger charge is 2.33. The average molecular weight is 353 g/mol. The first-order valence-electron chi connectivity index (χ1n) is 7.63. The van der Waals surface area contributed by atoms with Gasteiger partial charge in [0.15, 0.2) is 0 Å². The molecule has 1 aliphatic heterocycles. The minimum absolute atomic E-state index is 0.0844. The van der Waals surface area contributed by atoms with E-state index in [1.165, 1.54) is 15.1 Å². The Bertz CT molecular complexity index is 828. The molecule has 0 spiro atoms. The van der Waals surface area contributed by atoms with Crippen LogP contribution >= 0.6 is 11.3 Å². The fourth-order valence-electron chi connectivity index (χ4n) is 2.86. The minimum Gasteiger partial charge on any atom is -0.268 e. The summed E-state index contributed by atoms with van der Waals surface area (Å²) < 4.78 is 27.2. The normalized spacial score (nSPS) is 19.3. The van der Waals surface area contributed by atoms with Gasteiger partial charge in [-0.15, -0.1) is 11.3 Å². The van der Waals surface area contributed by atoms with Crippen LogP contribution in [-0.2, 0) is 16.6 Å². The van der Waals surface area contributed by atoms with Gasteiger partial charge in [-0.3, -0.25) is 4.79 Å². The molecular formula is C15H19N3O3S2. The Morgan fingerprint density at radius 1 is 1.35 bits per heavy atom. The number of nitrogens with zero attached hydrogens (tertiary/aromatic N) is 3. The van der Waals surface area contributed by atoms with Crippen molar-refractivity contribution in [2.45, 2.75) is 32.4 Å². The van der Waals surface area contributed by atoms with Crippen LogP contribution in [0.4, 0.5) is 0 Å². The lowest BCUT2D eigenvalue weighted by Crippen LogP contribution is -2.41. The molecule has 1 fully saturated rings. The van der Waals surface area contributed by atoms with Gasteiger partial charge in [0.05, 0.1) is 17.2 Å². The highest BCUT2D eigenvalue weighted by molar-refractivity contribution is 7.89. The van der Waals surface area contributed by atoms with Gasteiger partial charge in [0.1, 0.15) is 5.69 Å². The second-order valence-electron chi connectivity index (χ2n) is 5.52. The van der Waals surface area contributed by atoms with Gasteiger partial charge in [0.25, 0.3) is 5.56 Å². The van der Waals surface area contributed by atoms with E-state index in [9.17, 15) is 13.2 Å². The quantitative estimate of drug-likeness (QED) is 0.821. The zero-order chi connectivity index (χ0) is 16.4. The molecule has 1 atom stereocenters. The van der Waals surface area contributed by atoms with E-state index in [0.29, 0.717) is 13.1 Å². The molecule has 0 amide bonds. The first kappa shape index (κ1) is 16.4. The van der Waals surface area contributed by atoms with E-state index < -0.39 is 10.0 Å². The van der Waals surface area contributed by atoms with E-state index in [1.807, 2.05) is 17.5 Å². The lowest BCUT2D eigenvalue weighted by atomic mass is 10.2. The third kappa shape index (κ3) is 3.39. The van der Waals surface area contributed by atoms with Crippen molar-refractivity contribution in [1.29, 1.82) is 0 Å². The summed E-state index contributed by atoms with van der Waals surface area (Å²) in [5, 5.41) is 6.37. The molecule has 2 aromatic rings. The zero-order valence-corrected chi connectivity index (χ0v) is 14.5. The van der Waals surface area contributed by atoms with Crippen LogP contribution in [0.2, 0.25) is 0 Å². The Kier molecular flexibility index (Phi) is 4.65. The second kappa shape index (κ2) is 6.54. The molecule has 0 unspecified atom stereocenters. The smallest absolute Gasteiger partial charge is 0.266 e. The molecule has 1 saturated heterocycles. The first-order chi connectivity index (χ1) is 11.0. The molecule has 124 valence electrons. The van der Waals surface area contributed by atoms with E-state index >= 15 is 0 Å². The number of hydrogen-bond donors (Lipinski definition) is 0. The molecule has 0 aromatic carbocycles. The van der Waals surface area contributed by atoms with Crippen molar-refractivity contribution in [3.63, 3.8) is 0 Å². The molecular weight excluding hydrogens is 334 g/mol. The summed E-state index contributed by atoms with van der Waals surface area (Å²) in [6.07, 6.45) is 1.58. The van der Waals surface area contributed by atoms with Crippen LogP contribution in [0.25, 0.3) is 10.6 Å². The van der Waals surface area contributed by atoms with Gasteiger partial charge in [0, 0.05) is 18.7 Å².